The van der Waals surface area contributed by atoms with Crippen molar-refractivity contribution >= 4 is 5.97 Å². The standard InChI is InChI=1S/C14H21NO4/c1-9-5-11(18-12(9)13(16)17)7-15-6-10(2)19-14(3,4)8-15/h5,10H,6-8H2,1-4H3,(H,16,17). The molecule has 1 unspecified atom stereocenters. The van der Waals surface area contributed by atoms with E-state index in [9.17, 15) is 4.79 Å². The SMILES string of the molecule is Cc1cc(CN2CC(C)OC(C)(C)C2)oc1C(=O)O. The van der Waals surface area contributed by atoms with Crippen LogP contribution in [0.2, 0.25) is 0 Å². The van der Waals surface area contributed by atoms with Gasteiger partial charge < -0.3 is 14.3 Å². The monoisotopic (exact) mass is 267 g/mol. The third-order valence-corrected chi connectivity index (χ3v) is 3.18. The molecule has 1 aliphatic heterocycles. The van der Waals surface area contributed by atoms with Gasteiger partial charge in [-0.3, -0.25) is 4.90 Å². The van der Waals surface area contributed by atoms with Gasteiger partial charge >= 0.3 is 5.97 Å². The molecule has 5 nitrogen and oxygen atoms in total. The van der Waals surface area contributed by atoms with Crippen molar-refractivity contribution in [2.45, 2.75) is 45.9 Å². The minimum Gasteiger partial charge on any atom is -0.475 e. The van der Waals surface area contributed by atoms with Gasteiger partial charge in [0.05, 0.1) is 18.2 Å². The fourth-order valence-corrected chi connectivity index (χ4v) is 2.76. The maximum absolute atomic E-state index is 11.0. The molecule has 1 fully saturated rings. The molecule has 1 aromatic heterocycles. The van der Waals surface area contributed by atoms with Crippen molar-refractivity contribution in [3.63, 3.8) is 0 Å². The van der Waals surface area contributed by atoms with Gasteiger partial charge in [0, 0.05) is 18.7 Å². The zero-order chi connectivity index (χ0) is 14.2. The predicted octanol–water partition coefficient (Wildman–Crippen LogP) is 2.29. The van der Waals surface area contributed by atoms with Crippen LogP contribution in [0.3, 0.4) is 0 Å². The maximum atomic E-state index is 11.0. The Morgan fingerprint density at radius 2 is 2.26 bits per heavy atom. The van der Waals surface area contributed by atoms with Crippen LogP contribution < -0.4 is 0 Å². The number of nitrogens with zero attached hydrogens (tertiary/aromatic N) is 1. The molecule has 19 heavy (non-hydrogen) atoms. The van der Waals surface area contributed by atoms with E-state index < -0.39 is 5.97 Å². The molecule has 1 saturated heterocycles. The van der Waals surface area contributed by atoms with E-state index in [1.807, 2.05) is 6.92 Å². The van der Waals surface area contributed by atoms with E-state index in [2.05, 4.69) is 18.7 Å². The Hall–Kier alpha value is -1.33. The van der Waals surface area contributed by atoms with E-state index in [4.69, 9.17) is 14.3 Å². The zero-order valence-corrected chi connectivity index (χ0v) is 11.9. The molecule has 106 valence electrons. The van der Waals surface area contributed by atoms with Crippen LogP contribution in [0.1, 0.15) is 42.6 Å². The molecule has 0 spiro atoms. The van der Waals surface area contributed by atoms with E-state index in [1.165, 1.54) is 0 Å². The first-order valence-electron chi connectivity index (χ1n) is 6.49. The Morgan fingerprint density at radius 3 is 2.79 bits per heavy atom. The summed E-state index contributed by atoms with van der Waals surface area (Å²) in [5, 5.41) is 8.98. The van der Waals surface area contributed by atoms with Crippen molar-refractivity contribution in [2.24, 2.45) is 0 Å². The largest absolute Gasteiger partial charge is 0.475 e. The summed E-state index contributed by atoms with van der Waals surface area (Å²) in [5.74, 6) is -0.283. The number of carboxylic acids is 1. The van der Waals surface area contributed by atoms with Gasteiger partial charge in [-0.1, -0.05) is 0 Å². The number of ether oxygens (including phenoxy) is 1. The van der Waals surface area contributed by atoms with Crippen LogP contribution in [0, 0.1) is 6.92 Å². The summed E-state index contributed by atoms with van der Waals surface area (Å²) < 4.78 is 11.2. The lowest BCUT2D eigenvalue weighted by Crippen LogP contribution is -2.51. The normalized spacial score (nSPS) is 23.5. The van der Waals surface area contributed by atoms with Gasteiger partial charge in [0.2, 0.25) is 5.76 Å². The van der Waals surface area contributed by atoms with E-state index in [0.29, 0.717) is 17.9 Å². The molecule has 5 heteroatoms. The molecule has 0 amide bonds. The Kier molecular flexibility index (Phi) is 3.69. The Morgan fingerprint density at radius 1 is 1.58 bits per heavy atom. The summed E-state index contributed by atoms with van der Waals surface area (Å²) in [7, 11) is 0. The molecular formula is C14H21NO4. The first-order valence-corrected chi connectivity index (χ1v) is 6.49. The fourth-order valence-electron chi connectivity index (χ4n) is 2.76. The van der Waals surface area contributed by atoms with Crippen LogP contribution in [0.5, 0.6) is 0 Å². The van der Waals surface area contributed by atoms with E-state index >= 15 is 0 Å². The van der Waals surface area contributed by atoms with E-state index in [1.54, 1.807) is 13.0 Å². The van der Waals surface area contributed by atoms with Gasteiger partial charge in [-0.25, -0.2) is 4.79 Å². The van der Waals surface area contributed by atoms with Crippen LogP contribution in [-0.4, -0.2) is 40.8 Å². The second-order valence-corrected chi connectivity index (χ2v) is 5.89. The minimum atomic E-state index is -1.01. The van der Waals surface area contributed by atoms with Crippen LogP contribution in [0.4, 0.5) is 0 Å². The molecule has 1 N–H and O–H groups in total. The number of hydrogen-bond donors (Lipinski definition) is 1. The first-order chi connectivity index (χ1) is 8.77. The summed E-state index contributed by atoms with van der Waals surface area (Å²) in [5.41, 5.74) is 0.484. The number of morpholine rings is 1. The molecule has 2 heterocycles. The van der Waals surface area contributed by atoms with Gasteiger partial charge in [0.1, 0.15) is 5.76 Å². The highest BCUT2D eigenvalue weighted by Crippen LogP contribution is 2.23. The maximum Gasteiger partial charge on any atom is 0.372 e. The van der Waals surface area contributed by atoms with Crippen molar-refractivity contribution < 1.29 is 19.1 Å². The van der Waals surface area contributed by atoms with E-state index in [0.717, 1.165) is 13.1 Å². The molecule has 0 bridgehead atoms. The minimum absolute atomic E-state index is 0.0376. The smallest absolute Gasteiger partial charge is 0.372 e. The van der Waals surface area contributed by atoms with Crippen molar-refractivity contribution in [2.75, 3.05) is 13.1 Å². The highest BCUT2D eigenvalue weighted by atomic mass is 16.5. The summed E-state index contributed by atoms with van der Waals surface area (Å²) in [6.45, 7) is 10.2. The Bertz CT molecular complexity index is 478. The van der Waals surface area contributed by atoms with Gasteiger partial charge in [-0.15, -0.1) is 0 Å². The highest BCUT2D eigenvalue weighted by molar-refractivity contribution is 5.86. The molecule has 1 aliphatic rings. The van der Waals surface area contributed by atoms with Crippen molar-refractivity contribution in [1.29, 1.82) is 0 Å². The van der Waals surface area contributed by atoms with Gasteiger partial charge in [0.25, 0.3) is 0 Å². The molecule has 1 atom stereocenters. The summed E-state index contributed by atoms with van der Waals surface area (Å²) in [6, 6.07) is 1.80. The average molecular weight is 267 g/mol. The van der Waals surface area contributed by atoms with Gasteiger partial charge in [-0.05, 0) is 33.8 Å². The highest BCUT2D eigenvalue weighted by Gasteiger charge is 2.31. The number of aromatic carboxylic acids is 1. The van der Waals surface area contributed by atoms with Crippen molar-refractivity contribution in [3.8, 4) is 0 Å². The summed E-state index contributed by atoms with van der Waals surface area (Å²) >= 11 is 0. The van der Waals surface area contributed by atoms with Crippen LogP contribution in [0.15, 0.2) is 10.5 Å². The van der Waals surface area contributed by atoms with Crippen LogP contribution in [-0.2, 0) is 11.3 Å². The molecule has 2 rings (SSSR count). The summed E-state index contributed by atoms with van der Waals surface area (Å²) in [6.07, 6.45) is 0.166. The molecule has 0 saturated carbocycles. The molecule has 0 radical (unpaired) electrons. The van der Waals surface area contributed by atoms with E-state index in [-0.39, 0.29) is 17.5 Å². The third kappa shape index (κ3) is 3.36. The number of rotatable bonds is 3. The van der Waals surface area contributed by atoms with Crippen molar-refractivity contribution in [3.05, 3.63) is 23.2 Å². The predicted molar refractivity (Wildman–Crippen MR) is 70.3 cm³/mol. The Labute approximate surface area is 113 Å². The quantitative estimate of drug-likeness (QED) is 0.910. The third-order valence-electron chi connectivity index (χ3n) is 3.18. The van der Waals surface area contributed by atoms with Gasteiger partial charge in [-0.2, -0.15) is 0 Å². The lowest BCUT2D eigenvalue weighted by molar-refractivity contribution is -0.131. The lowest BCUT2D eigenvalue weighted by atomic mass is 10.1. The lowest BCUT2D eigenvalue weighted by Gasteiger charge is -2.41. The zero-order valence-electron chi connectivity index (χ0n) is 11.9. The van der Waals surface area contributed by atoms with Crippen molar-refractivity contribution in [1.82, 2.24) is 4.90 Å². The summed E-state index contributed by atoms with van der Waals surface area (Å²) in [4.78, 5) is 13.2. The number of carbonyl (C=O) groups is 1. The number of carboxylic acid groups (broad SMARTS) is 1. The molecular weight excluding hydrogens is 246 g/mol. The fraction of sp³-hybridized carbons (Fsp3) is 0.643. The Balaban J connectivity index is 2.08. The molecule has 0 aliphatic carbocycles. The topological polar surface area (TPSA) is 62.9 Å². The number of furan rings is 1. The van der Waals surface area contributed by atoms with Crippen LogP contribution in [0.25, 0.3) is 0 Å². The molecule has 0 aromatic carbocycles. The number of aryl methyl sites for hydroxylation is 1. The first kappa shape index (κ1) is 14.1. The number of hydrogen-bond acceptors (Lipinski definition) is 4. The second-order valence-electron chi connectivity index (χ2n) is 5.89. The average Bonchev–Trinajstić information content (AvgIpc) is 2.55. The molecule has 1 aromatic rings. The second kappa shape index (κ2) is 4.98. The van der Waals surface area contributed by atoms with Gasteiger partial charge in [0.15, 0.2) is 0 Å². The van der Waals surface area contributed by atoms with Crippen LogP contribution >= 0.6 is 0 Å².